The first kappa shape index (κ1) is 36.3. The lowest BCUT2D eigenvalue weighted by molar-refractivity contribution is -0.705. The first-order chi connectivity index (χ1) is 25.3. The summed E-state index contributed by atoms with van der Waals surface area (Å²) in [6, 6.07) is 1.60. The molecule has 274 valence electrons. The number of hydrogen-bond donors (Lipinski definition) is 0. The van der Waals surface area contributed by atoms with Gasteiger partial charge in [0, 0.05) is 62.1 Å². The maximum absolute atomic E-state index is 14.9. The summed E-state index contributed by atoms with van der Waals surface area (Å²) in [5.74, 6) is -2.36. The van der Waals surface area contributed by atoms with Crippen molar-refractivity contribution in [1.29, 1.82) is 0 Å². The van der Waals surface area contributed by atoms with Gasteiger partial charge < -0.3 is 0 Å². The Kier molecular flexibility index (Phi) is 8.88. The summed E-state index contributed by atoms with van der Waals surface area (Å²) in [4.78, 5) is 60.1. The standard InChI is InChI=1S/C41H39Cl4N4O4/c1-7-9-11-48-38(50)20-15-23(42)28-29-24(43)17-22-27-32(29)33(30-25(44)16-21(39(48)51)26(20)31(28)30)36(45)35(34(27)41(53)49(40(22)52)12-10-8-2)37-46(18(3)4)13-14-47(37)19(5)6/h13-19,30-31H,7-12H2,1-6H3/q+1. The number of fused-ring (bicyclic) bond motifs is 2. The first-order valence-electron chi connectivity index (χ1n) is 18.4. The molecule has 0 bridgehead atoms. The number of carbonyl (C=O) groups excluding carboxylic acids is 4. The molecule has 53 heavy (non-hydrogen) atoms. The molecule has 0 spiro atoms. The number of aromatic nitrogens is 2. The molecule has 0 saturated heterocycles. The molecule has 4 amide bonds. The minimum atomic E-state index is -0.705. The van der Waals surface area contributed by atoms with Crippen LogP contribution in [-0.2, 0) is 9.59 Å². The lowest BCUT2D eigenvalue weighted by Gasteiger charge is -2.46. The van der Waals surface area contributed by atoms with Crippen molar-refractivity contribution in [3.8, 4) is 11.4 Å². The van der Waals surface area contributed by atoms with E-state index in [0.29, 0.717) is 89.6 Å². The van der Waals surface area contributed by atoms with E-state index >= 15 is 0 Å². The molecule has 3 heterocycles. The minimum absolute atomic E-state index is 0.0164. The van der Waals surface area contributed by atoms with Crippen molar-refractivity contribution in [3.63, 3.8) is 0 Å². The van der Waals surface area contributed by atoms with Gasteiger partial charge in [0.2, 0.25) is 0 Å². The zero-order valence-corrected chi connectivity index (χ0v) is 33.4. The van der Waals surface area contributed by atoms with Gasteiger partial charge in [-0.3, -0.25) is 29.0 Å². The number of nitrogens with zero attached hydrogens (tertiary/aromatic N) is 4. The molecule has 2 atom stereocenters. The van der Waals surface area contributed by atoms with Crippen LogP contribution in [0.5, 0.6) is 0 Å². The molecular formula is C41H39Cl4N4O4+. The van der Waals surface area contributed by atoms with Crippen molar-refractivity contribution >= 4 is 86.4 Å². The van der Waals surface area contributed by atoms with E-state index in [1.807, 2.05) is 26.2 Å². The Balaban J connectivity index is 1.54. The summed E-state index contributed by atoms with van der Waals surface area (Å²) in [5.41, 5.74) is 3.99. The van der Waals surface area contributed by atoms with Gasteiger partial charge >= 0.3 is 0 Å². The highest BCUT2D eigenvalue weighted by Crippen LogP contribution is 2.64. The van der Waals surface area contributed by atoms with Crippen LogP contribution in [0, 0.1) is 5.92 Å². The monoisotopic (exact) mass is 791 g/mol. The molecule has 3 aliphatic carbocycles. The number of carbonyl (C=O) groups is 4. The second-order valence-electron chi connectivity index (χ2n) is 15.0. The zero-order valence-electron chi connectivity index (χ0n) is 30.4. The van der Waals surface area contributed by atoms with Crippen LogP contribution in [0.15, 0.2) is 57.4 Å². The Labute approximate surface area is 328 Å². The lowest BCUT2D eigenvalue weighted by atomic mass is 9.60. The predicted molar refractivity (Wildman–Crippen MR) is 208 cm³/mol. The molecular weight excluding hydrogens is 754 g/mol. The predicted octanol–water partition coefficient (Wildman–Crippen LogP) is 9.67. The Morgan fingerprint density at radius 1 is 0.755 bits per heavy atom. The molecule has 0 radical (unpaired) electrons. The molecule has 8 nitrogen and oxygen atoms in total. The smallest absolute Gasteiger partial charge is 0.274 e. The van der Waals surface area contributed by atoms with Crippen LogP contribution in [-0.4, -0.2) is 51.1 Å². The van der Waals surface area contributed by atoms with E-state index in [0.717, 1.165) is 12.8 Å². The van der Waals surface area contributed by atoms with Gasteiger partial charge in [0.05, 0.1) is 33.8 Å². The van der Waals surface area contributed by atoms with Crippen LogP contribution in [0.3, 0.4) is 0 Å². The second-order valence-corrected chi connectivity index (χ2v) is 16.6. The van der Waals surface area contributed by atoms with E-state index in [1.54, 1.807) is 18.2 Å². The summed E-state index contributed by atoms with van der Waals surface area (Å²) < 4.78 is 4.17. The third kappa shape index (κ3) is 4.91. The third-order valence-corrected chi connectivity index (χ3v) is 12.6. The molecule has 2 unspecified atom stereocenters. The number of hydrogen-bond acceptors (Lipinski definition) is 4. The molecule has 0 fully saturated rings. The largest absolute Gasteiger partial charge is 0.291 e. The minimum Gasteiger partial charge on any atom is -0.274 e. The number of unbranched alkanes of at least 4 members (excludes halogenated alkanes) is 2. The molecule has 0 saturated carbocycles. The van der Waals surface area contributed by atoms with Crippen LogP contribution >= 0.6 is 46.4 Å². The average molecular weight is 794 g/mol. The van der Waals surface area contributed by atoms with Crippen molar-refractivity contribution in [2.24, 2.45) is 5.92 Å². The molecule has 5 aliphatic rings. The SMILES string of the molecule is CCCCN1C(=O)C2=CC(Cl)=C3c4c(Cl)cc5c6c(c(-c7n(C(C)C)cc[n+]7C(C)C)c(Cl)c(c46)C4C(Cl)=CC(=C2C34)C1=O)C(=O)N(CCCC)C5=O. The van der Waals surface area contributed by atoms with Gasteiger partial charge in [-0.1, -0.05) is 73.1 Å². The fourth-order valence-electron chi connectivity index (χ4n) is 8.90. The van der Waals surface area contributed by atoms with Crippen LogP contribution in [0.2, 0.25) is 10.0 Å². The normalized spacial score (nSPS) is 20.5. The zero-order chi connectivity index (χ0) is 37.9. The Bertz CT molecular complexity index is 2350. The highest BCUT2D eigenvalue weighted by Gasteiger charge is 2.54. The van der Waals surface area contributed by atoms with E-state index < -0.39 is 35.5 Å². The summed E-state index contributed by atoms with van der Waals surface area (Å²) in [6.07, 6.45) is 10.1. The maximum atomic E-state index is 14.9. The Morgan fingerprint density at radius 3 is 2.04 bits per heavy atom. The summed E-state index contributed by atoms with van der Waals surface area (Å²) in [5, 5.41) is 2.13. The van der Waals surface area contributed by atoms with E-state index in [2.05, 4.69) is 36.8 Å². The maximum Gasteiger partial charge on any atom is 0.291 e. The Hall–Kier alpha value is -3.69. The van der Waals surface area contributed by atoms with Crippen molar-refractivity contribution in [2.45, 2.75) is 85.2 Å². The molecule has 3 aromatic rings. The molecule has 12 heteroatoms. The van der Waals surface area contributed by atoms with Crippen molar-refractivity contribution in [2.75, 3.05) is 13.1 Å². The third-order valence-electron chi connectivity index (χ3n) is 11.3. The van der Waals surface area contributed by atoms with Crippen molar-refractivity contribution < 1.29 is 23.7 Å². The van der Waals surface area contributed by atoms with Gasteiger partial charge in [-0.25, -0.2) is 9.13 Å². The number of imide groups is 2. The average Bonchev–Trinajstić information content (AvgIpc) is 3.56. The first-order valence-corrected chi connectivity index (χ1v) is 19.9. The number of allylic oxidation sites excluding steroid dienone is 4. The summed E-state index contributed by atoms with van der Waals surface area (Å²) in [7, 11) is 0. The molecule has 2 aliphatic heterocycles. The van der Waals surface area contributed by atoms with Gasteiger partial charge in [-0.15, -0.1) is 0 Å². The van der Waals surface area contributed by atoms with Gasteiger partial charge in [-0.2, -0.15) is 0 Å². The highest BCUT2D eigenvalue weighted by molar-refractivity contribution is 6.44. The van der Waals surface area contributed by atoms with E-state index in [-0.39, 0.29) is 35.2 Å². The summed E-state index contributed by atoms with van der Waals surface area (Å²) >= 11 is 29.6. The van der Waals surface area contributed by atoms with Crippen LogP contribution in [0.1, 0.15) is 117 Å². The molecule has 1 aromatic heterocycles. The quantitative estimate of drug-likeness (QED) is 0.160. The lowest BCUT2D eigenvalue weighted by Crippen LogP contribution is -2.47. The van der Waals surface area contributed by atoms with E-state index in [4.69, 9.17) is 46.4 Å². The number of benzene rings is 2. The number of amides is 4. The molecule has 0 N–H and O–H groups in total. The number of rotatable bonds is 9. The van der Waals surface area contributed by atoms with Crippen LogP contribution < -0.4 is 4.57 Å². The van der Waals surface area contributed by atoms with E-state index in [1.165, 1.54) is 9.80 Å². The van der Waals surface area contributed by atoms with Crippen LogP contribution in [0.25, 0.3) is 27.7 Å². The van der Waals surface area contributed by atoms with Gasteiger partial charge in [0.1, 0.15) is 12.4 Å². The van der Waals surface area contributed by atoms with Gasteiger partial charge in [0.25, 0.3) is 29.5 Å². The molecule has 8 rings (SSSR count). The van der Waals surface area contributed by atoms with Crippen molar-refractivity contribution in [3.05, 3.63) is 89.7 Å². The van der Waals surface area contributed by atoms with Gasteiger partial charge in [-0.05, 0) is 80.9 Å². The fraction of sp³-hybridized carbons (Fsp3) is 0.390. The van der Waals surface area contributed by atoms with Crippen LogP contribution in [0.4, 0.5) is 0 Å². The van der Waals surface area contributed by atoms with E-state index in [9.17, 15) is 19.2 Å². The Morgan fingerprint density at radius 2 is 1.42 bits per heavy atom. The van der Waals surface area contributed by atoms with Crippen molar-refractivity contribution in [1.82, 2.24) is 14.4 Å². The van der Waals surface area contributed by atoms with Gasteiger partial charge in [0.15, 0.2) is 0 Å². The summed E-state index contributed by atoms with van der Waals surface area (Å²) in [6.45, 7) is 12.8. The highest BCUT2D eigenvalue weighted by atomic mass is 35.5. The number of halogens is 4. The molecule has 2 aromatic carbocycles. The fourth-order valence-corrected chi connectivity index (χ4v) is 10.3. The topological polar surface area (TPSA) is 83.6 Å². The number of imidazole rings is 1. The second kappa shape index (κ2) is 13.0.